The fourth-order valence-corrected chi connectivity index (χ4v) is 1.56. The minimum atomic E-state index is -0.448. The smallest absolute Gasteiger partial charge is 0.165 e. The van der Waals surface area contributed by atoms with Crippen molar-refractivity contribution in [3.63, 3.8) is 0 Å². The van der Waals surface area contributed by atoms with Crippen molar-refractivity contribution < 1.29 is 9.47 Å². The van der Waals surface area contributed by atoms with Gasteiger partial charge in [0.15, 0.2) is 5.79 Å². The van der Waals surface area contributed by atoms with Crippen LogP contribution in [0.2, 0.25) is 0 Å². The Labute approximate surface area is 107 Å². The summed E-state index contributed by atoms with van der Waals surface area (Å²) in [5.41, 5.74) is 2.83. The molecule has 0 amide bonds. The summed E-state index contributed by atoms with van der Waals surface area (Å²) in [6, 6.07) is 0. The van der Waals surface area contributed by atoms with Gasteiger partial charge < -0.3 is 9.47 Å². The summed E-state index contributed by atoms with van der Waals surface area (Å²) in [6.07, 6.45) is 8.73. The van der Waals surface area contributed by atoms with E-state index in [1.165, 1.54) is 11.1 Å². The summed E-state index contributed by atoms with van der Waals surface area (Å²) in [6.45, 7) is 8.44. The van der Waals surface area contributed by atoms with Crippen LogP contribution in [-0.2, 0) is 9.47 Å². The van der Waals surface area contributed by atoms with Crippen molar-refractivity contribution in [2.75, 3.05) is 14.2 Å². The molecule has 0 heterocycles. The number of hydrogen-bond donors (Lipinski definition) is 0. The predicted molar refractivity (Wildman–Crippen MR) is 74.1 cm³/mol. The average Bonchev–Trinajstić information content (AvgIpc) is 2.28. The molecule has 0 aromatic rings. The zero-order valence-corrected chi connectivity index (χ0v) is 12.3. The third-order valence-corrected chi connectivity index (χ3v) is 3.05. The lowest BCUT2D eigenvalue weighted by atomic mass is 10.1. The molecule has 0 spiro atoms. The van der Waals surface area contributed by atoms with Crippen molar-refractivity contribution in [3.8, 4) is 0 Å². The molecule has 0 rings (SSSR count). The predicted octanol–water partition coefficient (Wildman–Crippen LogP) is 4.47. The topological polar surface area (TPSA) is 18.5 Å². The molecule has 100 valence electrons. The van der Waals surface area contributed by atoms with Gasteiger partial charge >= 0.3 is 0 Å². The highest BCUT2D eigenvalue weighted by molar-refractivity contribution is 5.02. The molecule has 0 saturated carbocycles. The molecule has 0 atom stereocenters. The van der Waals surface area contributed by atoms with Crippen LogP contribution >= 0.6 is 0 Å². The monoisotopic (exact) mass is 240 g/mol. The summed E-state index contributed by atoms with van der Waals surface area (Å²) in [5.74, 6) is -0.448. The van der Waals surface area contributed by atoms with Gasteiger partial charge in [-0.25, -0.2) is 0 Å². The van der Waals surface area contributed by atoms with Crippen molar-refractivity contribution in [2.45, 2.75) is 59.2 Å². The second-order valence-electron chi connectivity index (χ2n) is 4.95. The molecular formula is C15H28O2. The summed E-state index contributed by atoms with van der Waals surface area (Å²) >= 11 is 0. The van der Waals surface area contributed by atoms with E-state index in [9.17, 15) is 0 Å². The highest BCUT2D eigenvalue weighted by Crippen LogP contribution is 2.18. The van der Waals surface area contributed by atoms with E-state index in [-0.39, 0.29) is 0 Å². The first-order chi connectivity index (χ1) is 7.93. The number of hydrogen-bond acceptors (Lipinski definition) is 2. The minimum Gasteiger partial charge on any atom is -0.353 e. The maximum absolute atomic E-state index is 5.32. The molecule has 17 heavy (non-hydrogen) atoms. The summed E-state index contributed by atoms with van der Waals surface area (Å²) < 4.78 is 10.6. The molecule has 0 aromatic carbocycles. The van der Waals surface area contributed by atoms with E-state index >= 15 is 0 Å². The van der Waals surface area contributed by atoms with Gasteiger partial charge in [0, 0.05) is 20.6 Å². The second kappa shape index (κ2) is 8.48. The summed E-state index contributed by atoms with van der Waals surface area (Å²) in [5, 5.41) is 0. The Kier molecular flexibility index (Phi) is 8.19. The molecule has 2 heteroatoms. The Morgan fingerprint density at radius 3 is 2.06 bits per heavy atom. The maximum Gasteiger partial charge on any atom is 0.165 e. The van der Waals surface area contributed by atoms with Crippen LogP contribution in [0.3, 0.4) is 0 Å². The van der Waals surface area contributed by atoms with Crippen molar-refractivity contribution in [1.82, 2.24) is 0 Å². The van der Waals surface area contributed by atoms with Crippen LogP contribution in [0.15, 0.2) is 23.3 Å². The fourth-order valence-electron chi connectivity index (χ4n) is 1.56. The number of methoxy groups -OCH3 is 2. The molecule has 0 bridgehead atoms. The first-order valence-corrected chi connectivity index (χ1v) is 6.33. The van der Waals surface area contributed by atoms with Gasteiger partial charge in [-0.3, -0.25) is 0 Å². The largest absolute Gasteiger partial charge is 0.353 e. The van der Waals surface area contributed by atoms with Crippen LogP contribution in [-0.4, -0.2) is 20.0 Å². The highest BCUT2D eigenvalue weighted by atomic mass is 16.7. The van der Waals surface area contributed by atoms with E-state index in [1.54, 1.807) is 14.2 Å². The van der Waals surface area contributed by atoms with E-state index in [2.05, 4.69) is 32.9 Å². The maximum atomic E-state index is 5.32. The SMILES string of the molecule is COC(C)(CC/C=C(/C)CCC=C(C)C)OC. The average molecular weight is 240 g/mol. The van der Waals surface area contributed by atoms with Crippen molar-refractivity contribution in [2.24, 2.45) is 0 Å². The molecule has 0 N–H and O–H groups in total. The van der Waals surface area contributed by atoms with Crippen LogP contribution in [0, 0.1) is 0 Å². The Bertz CT molecular complexity index is 256. The van der Waals surface area contributed by atoms with Crippen LogP contribution in [0.25, 0.3) is 0 Å². The van der Waals surface area contributed by atoms with Gasteiger partial charge in [0.2, 0.25) is 0 Å². The molecule has 2 nitrogen and oxygen atoms in total. The zero-order chi connectivity index (χ0) is 13.3. The van der Waals surface area contributed by atoms with Gasteiger partial charge in [-0.05, 0) is 47.0 Å². The summed E-state index contributed by atoms with van der Waals surface area (Å²) in [4.78, 5) is 0. The molecule has 0 fully saturated rings. The first kappa shape index (κ1) is 16.4. The Morgan fingerprint density at radius 2 is 1.59 bits per heavy atom. The van der Waals surface area contributed by atoms with Crippen LogP contribution in [0.1, 0.15) is 53.4 Å². The number of rotatable bonds is 8. The van der Waals surface area contributed by atoms with Gasteiger partial charge in [-0.1, -0.05) is 23.3 Å². The Hall–Kier alpha value is -0.600. The highest BCUT2D eigenvalue weighted by Gasteiger charge is 2.20. The lowest BCUT2D eigenvalue weighted by molar-refractivity contribution is -0.196. The van der Waals surface area contributed by atoms with Crippen molar-refractivity contribution in [3.05, 3.63) is 23.3 Å². The lowest BCUT2D eigenvalue weighted by Crippen LogP contribution is -2.29. The standard InChI is InChI=1S/C15H28O2/c1-13(2)9-7-10-14(3)11-8-12-15(4,16-5)17-6/h9,11H,7-8,10,12H2,1-6H3/b14-11-. The molecule has 0 aromatic heterocycles. The van der Waals surface area contributed by atoms with E-state index in [1.807, 2.05) is 6.92 Å². The van der Waals surface area contributed by atoms with Gasteiger partial charge in [-0.2, -0.15) is 0 Å². The fraction of sp³-hybridized carbons (Fsp3) is 0.733. The van der Waals surface area contributed by atoms with Gasteiger partial charge in [0.05, 0.1) is 0 Å². The Morgan fingerprint density at radius 1 is 1.00 bits per heavy atom. The second-order valence-corrected chi connectivity index (χ2v) is 4.95. The van der Waals surface area contributed by atoms with Crippen LogP contribution < -0.4 is 0 Å². The zero-order valence-electron chi connectivity index (χ0n) is 12.3. The normalized spacial score (nSPS) is 12.7. The minimum absolute atomic E-state index is 0.448. The van der Waals surface area contributed by atoms with Gasteiger partial charge in [0.25, 0.3) is 0 Å². The van der Waals surface area contributed by atoms with E-state index in [0.29, 0.717) is 0 Å². The molecule has 0 radical (unpaired) electrons. The van der Waals surface area contributed by atoms with Crippen LogP contribution in [0.4, 0.5) is 0 Å². The Balaban J connectivity index is 3.95. The van der Waals surface area contributed by atoms with Gasteiger partial charge in [0.1, 0.15) is 0 Å². The first-order valence-electron chi connectivity index (χ1n) is 6.33. The van der Waals surface area contributed by atoms with E-state index in [0.717, 1.165) is 25.7 Å². The third kappa shape index (κ3) is 8.17. The molecule has 0 aliphatic heterocycles. The lowest BCUT2D eigenvalue weighted by Gasteiger charge is -2.25. The number of ether oxygens (including phenoxy) is 2. The quantitative estimate of drug-likeness (QED) is 0.460. The molecule has 0 aliphatic rings. The molecule has 0 unspecified atom stereocenters. The molecule has 0 aliphatic carbocycles. The molecule has 0 saturated heterocycles. The van der Waals surface area contributed by atoms with E-state index in [4.69, 9.17) is 9.47 Å². The van der Waals surface area contributed by atoms with Crippen molar-refractivity contribution >= 4 is 0 Å². The van der Waals surface area contributed by atoms with Gasteiger partial charge in [-0.15, -0.1) is 0 Å². The van der Waals surface area contributed by atoms with Crippen molar-refractivity contribution in [1.29, 1.82) is 0 Å². The van der Waals surface area contributed by atoms with Crippen LogP contribution in [0.5, 0.6) is 0 Å². The third-order valence-electron chi connectivity index (χ3n) is 3.05. The number of allylic oxidation sites excluding steroid dienone is 4. The summed E-state index contributed by atoms with van der Waals surface area (Å²) in [7, 11) is 3.38. The van der Waals surface area contributed by atoms with E-state index < -0.39 is 5.79 Å². The molecular weight excluding hydrogens is 212 g/mol.